The molecule has 2 bridgehead atoms. The van der Waals surface area contributed by atoms with Crippen LogP contribution >= 0.6 is 0 Å². The van der Waals surface area contributed by atoms with Gasteiger partial charge in [0, 0.05) is 19.0 Å². The van der Waals surface area contributed by atoms with Gasteiger partial charge in [0.05, 0.1) is 12.6 Å². The minimum absolute atomic E-state index is 0.0233. The van der Waals surface area contributed by atoms with E-state index in [1.807, 2.05) is 13.0 Å². The number of rotatable bonds is 6. The Kier molecular flexibility index (Phi) is 5.84. The third-order valence-electron chi connectivity index (χ3n) is 6.58. The highest BCUT2D eigenvalue weighted by atomic mass is 28.4. The van der Waals surface area contributed by atoms with Crippen molar-refractivity contribution in [2.75, 3.05) is 13.1 Å². The van der Waals surface area contributed by atoms with Crippen molar-refractivity contribution in [3.63, 3.8) is 0 Å². The molecule has 3 atom stereocenters. The lowest BCUT2D eigenvalue weighted by molar-refractivity contribution is -0.124. The molecule has 0 aromatic carbocycles. The SMILES string of the molecule is CC1=C[C@H]2CN(C(=O)N2O[Si](C)(C)C(C)(C)C)[C@@H]1C(=O)NCC[C@@H]1CCC(=O)N1. The van der Waals surface area contributed by atoms with Crippen LogP contribution in [0, 0.1) is 0 Å². The smallest absolute Gasteiger partial charge is 0.344 e. The topological polar surface area (TPSA) is 91.0 Å². The summed E-state index contributed by atoms with van der Waals surface area (Å²) in [5.41, 5.74) is 0.864. The van der Waals surface area contributed by atoms with Gasteiger partial charge in [0.25, 0.3) is 0 Å². The first-order valence-electron chi connectivity index (χ1n) is 10.4. The molecule has 29 heavy (non-hydrogen) atoms. The monoisotopic (exact) mass is 422 g/mol. The zero-order valence-corrected chi connectivity index (χ0v) is 19.4. The molecule has 0 saturated carbocycles. The Hall–Kier alpha value is -1.87. The summed E-state index contributed by atoms with van der Waals surface area (Å²) in [6.07, 6.45) is 4.04. The van der Waals surface area contributed by atoms with Crippen LogP contribution < -0.4 is 10.6 Å². The van der Waals surface area contributed by atoms with Crippen molar-refractivity contribution in [1.82, 2.24) is 20.6 Å². The molecule has 2 N–H and O–H groups in total. The number of nitrogens with zero attached hydrogens (tertiary/aromatic N) is 2. The maximum atomic E-state index is 13.1. The summed E-state index contributed by atoms with van der Waals surface area (Å²) in [6.45, 7) is 13.5. The minimum atomic E-state index is -2.17. The molecular formula is C20H34N4O4Si. The van der Waals surface area contributed by atoms with Crippen LogP contribution in [0.2, 0.25) is 18.1 Å². The molecule has 9 heteroatoms. The van der Waals surface area contributed by atoms with Gasteiger partial charge < -0.3 is 20.1 Å². The third-order valence-corrected chi connectivity index (χ3v) is 10.8. The predicted octanol–water partition coefficient (Wildman–Crippen LogP) is 2.14. The van der Waals surface area contributed by atoms with Gasteiger partial charge in [-0.3, -0.25) is 9.59 Å². The standard InChI is InChI=1S/C20H34N4O4Si/c1-13-11-15-12-23(19(27)24(15)28-29(5,6)20(2,3)4)17(13)18(26)21-10-9-14-7-8-16(25)22-14/h11,14-15,17H,7-10,12H2,1-6H3,(H,21,26)(H,22,25)/t14-,15-,17-/m0/s1. The number of hydroxylamine groups is 2. The van der Waals surface area contributed by atoms with Crippen LogP contribution in [0.25, 0.3) is 0 Å². The zero-order chi connectivity index (χ0) is 21.6. The van der Waals surface area contributed by atoms with E-state index in [9.17, 15) is 14.4 Å². The Morgan fingerprint density at radius 1 is 1.34 bits per heavy atom. The Bertz CT molecular complexity index is 730. The quantitative estimate of drug-likeness (QED) is 0.507. The molecule has 3 aliphatic rings. The molecule has 162 valence electrons. The normalized spacial score (nSPS) is 27.2. The minimum Gasteiger partial charge on any atom is -0.354 e. The van der Waals surface area contributed by atoms with E-state index >= 15 is 0 Å². The average Bonchev–Trinajstić information content (AvgIpc) is 3.11. The molecule has 0 aromatic rings. The fourth-order valence-corrected chi connectivity index (χ4v) is 4.78. The second-order valence-corrected chi connectivity index (χ2v) is 14.6. The van der Waals surface area contributed by atoms with Crippen LogP contribution in [-0.2, 0) is 14.1 Å². The lowest BCUT2D eigenvalue weighted by Crippen LogP contribution is -2.51. The largest absolute Gasteiger partial charge is 0.354 e. The Balaban J connectivity index is 1.62. The zero-order valence-electron chi connectivity index (χ0n) is 18.4. The van der Waals surface area contributed by atoms with E-state index in [1.165, 1.54) is 5.06 Å². The summed E-state index contributed by atoms with van der Waals surface area (Å²) >= 11 is 0. The number of nitrogens with one attached hydrogen (secondary N) is 2. The first-order valence-corrected chi connectivity index (χ1v) is 13.4. The van der Waals surface area contributed by atoms with Gasteiger partial charge >= 0.3 is 6.03 Å². The Morgan fingerprint density at radius 2 is 2.03 bits per heavy atom. The third kappa shape index (κ3) is 4.35. The van der Waals surface area contributed by atoms with E-state index in [0.717, 1.165) is 12.0 Å². The van der Waals surface area contributed by atoms with Gasteiger partial charge in [-0.05, 0) is 43.5 Å². The van der Waals surface area contributed by atoms with E-state index in [2.05, 4.69) is 44.5 Å². The van der Waals surface area contributed by atoms with Crippen LogP contribution in [-0.4, -0.2) is 67.3 Å². The van der Waals surface area contributed by atoms with Crippen molar-refractivity contribution in [1.29, 1.82) is 0 Å². The summed E-state index contributed by atoms with van der Waals surface area (Å²) in [5, 5.41) is 7.31. The number of fused-ring (bicyclic) bond motifs is 2. The summed E-state index contributed by atoms with van der Waals surface area (Å²) < 4.78 is 6.29. The van der Waals surface area contributed by atoms with Crippen molar-refractivity contribution in [3.05, 3.63) is 11.6 Å². The lowest BCUT2D eigenvalue weighted by atomic mass is 10.00. The highest BCUT2D eigenvalue weighted by molar-refractivity contribution is 6.74. The fraction of sp³-hybridized carbons (Fsp3) is 0.750. The molecule has 8 nitrogen and oxygen atoms in total. The first-order chi connectivity index (χ1) is 13.4. The summed E-state index contributed by atoms with van der Waals surface area (Å²) in [6, 6.07) is -0.882. The molecule has 0 radical (unpaired) electrons. The number of hydrogen-bond donors (Lipinski definition) is 2. The maximum absolute atomic E-state index is 13.1. The molecular weight excluding hydrogens is 388 g/mol. The number of amides is 4. The van der Waals surface area contributed by atoms with Crippen molar-refractivity contribution in [2.45, 2.75) is 83.2 Å². The van der Waals surface area contributed by atoms with Gasteiger partial charge in [0.1, 0.15) is 6.04 Å². The molecule has 0 aliphatic carbocycles. The highest BCUT2D eigenvalue weighted by Crippen LogP contribution is 2.39. The van der Waals surface area contributed by atoms with Crippen LogP contribution in [0.5, 0.6) is 0 Å². The Labute approximate surface area is 174 Å². The second kappa shape index (κ2) is 7.75. The van der Waals surface area contributed by atoms with Gasteiger partial charge in [-0.25, -0.2) is 9.86 Å². The Morgan fingerprint density at radius 3 is 2.62 bits per heavy atom. The molecule has 3 aliphatic heterocycles. The molecule has 3 rings (SSSR count). The van der Waals surface area contributed by atoms with E-state index in [1.54, 1.807) is 4.90 Å². The molecule has 0 spiro atoms. The van der Waals surface area contributed by atoms with E-state index in [4.69, 9.17) is 4.53 Å². The number of urea groups is 1. The average molecular weight is 423 g/mol. The van der Waals surface area contributed by atoms with Gasteiger partial charge in [-0.15, -0.1) is 0 Å². The number of carbonyl (C=O) groups excluding carboxylic acids is 3. The van der Waals surface area contributed by atoms with E-state index in [0.29, 0.717) is 25.9 Å². The van der Waals surface area contributed by atoms with Crippen molar-refractivity contribution >= 4 is 26.2 Å². The molecule has 3 heterocycles. The van der Waals surface area contributed by atoms with Crippen LogP contribution in [0.4, 0.5) is 4.79 Å². The van der Waals surface area contributed by atoms with Crippen molar-refractivity contribution < 1.29 is 18.9 Å². The van der Waals surface area contributed by atoms with E-state index < -0.39 is 14.4 Å². The summed E-state index contributed by atoms with van der Waals surface area (Å²) in [7, 11) is -2.17. The van der Waals surface area contributed by atoms with Crippen LogP contribution in [0.3, 0.4) is 0 Å². The van der Waals surface area contributed by atoms with Gasteiger partial charge in [-0.2, -0.15) is 0 Å². The van der Waals surface area contributed by atoms with Crippen molar-refractivity contribution in [2.24, 2.45) is 0 Å². The maximum Gasteiger partial charge on any atom is 0.344 e. The van der Waals surface area contributed by atoms with Crippen molar-refractivity contribution in [3.8, 4) is 0 Å². The molecule has 2 saturated heterocycles. The molecule has 2 fully saturated rings. The number of carbonyl (C=O) groups is 3. The molecule has 0 unspecified atom stereocenters. The fourth-order valence-electron chi connectivity index (χ4n) is 3.80. The van der Waals surface area contributed by atoms with E-state index in [-0.39, 0.29) is 35.0 Å². The predicted molar refractivity (Wildman–Crippen MR) is 112 cm³/mol. The second-order valence-electron chi connectivity index (χ2n) is 9.88. The number of hydrogen-bond acceptors (Lipinski definition) is 4. The van der Waals surface area contributed by atoms with Gasteiger partial charge in [-0.1, -0.05) is 26.8 Å². The van der Waals surface area contributed by atoms with Crippen LogP contribution in [0.1, 0.15) is 47.0 Å². The lowest BCUT2D eigenvalue weighted by Gasteiger charge is -2.39. The highest BCUT2D eigenvalue weighted by Gasteiger charge is 2.50. The first kappa shape index (κ1) is 21.8. The van der Waals surface area contributed by atoms with Crippen LogP contribution in [0.15, 0.2) is 11.6 Å². The summed E-state index contributed by atoms with van der Waals surface area (Å²) in [4.78, 5) is 38.8. The van der Waals surface area contributed by atoms with Gasteiger partial charge in [0.15, 0.2) is 0 Å². The summed E-state index contributed by atoms with van der Waals surface area (Å²) in [5.74, 6) is -0.105. The molecule has 0 aromatic heterocycles. The molecule has 4 amide bonds. The van der Waals surface area contributed by atoms with Gasteiger partial charge in [0.2, 0.25) is 20.1 Å².